The minimum absolute atomic E-state index is 0.144. The molecule has 1 fully saturated rings. The molecule has 5 nitrogen and oxygen atoms in total. The number of ether oxygens (including phenoxy) is 1. The Morgan fingerprint density at radius 2 is 2.17 bits per heavy atom. The Balaban J connectivity index is 2.02. The zero-order chi connectivity index (χ0) is 13.0. The minimum Gasteiger partial charge on any atom is -0.481 e. The van der Waals surface area contributed by atoms with E-state index >= 15 is 0 Å². The Morgan fingerprint density at radius 1 is 1.39 bits per heavy atom. The maximum Gasteiger partial charge on any atom is 0.270 e. The molecule has 0 saturated heterocycles. The lowest BCUT2D eigenvalue weighted by Crippen LogP contribution is -2.41. The van der Waals surface area contributed by atoms with E-state index in [1.807, 2.05) is 0 Å². The number of methoxy groups -OCH3 is 1. The predicted octanol–water partition coefficient (Wildman–Crippen LogP) is 1.79. The van der Waals surface area contributed by atoms with Crippen LogP contribution in [0.25, 0.3) is 0 Å². The maximum atomic E-state index is 12.1. The van der Waals surface area contributed by atoms with Gasteiger partial charge < -0.3 is 10.1 Å². The third kappa shape index (κ3) is 2.97. The normalized spacial score (nSPS) is 23.4. The van der Waals surface area contributed by atoms with E-state index in [1.165, 1.54) is 32.7 Å². The lowest BCUT2D eigenvalue weighted by atomic mass is 9.86. The monoisotopic (exact) mass is 249 g/mol. The van der Waals surface area contributed by atoms with Gasteiger partial charge in [-0.3, -0.25) is 4.79 Å². The van der Waals surface area contributed by atoms with Crippen LogP contribution in [0, 0.1) is 5.92 Å². The molecular formula is C13H19N3O2. The van der Waals surface area contributed by atoms with Crippen molar-refractivity contribution in [2.24, 2.45) is 5.92 Å². The van der Waals surface area contributed by atoms with Crippen molar-refractivity contribution < 1.29 is 9.53 Å². The largest absolute Gasteiger partial charge is 0.481 e. The second kappa shape index (κ2) is 5.80. The van der Waals surface area contributed by atoms with Crippen LogP contribution in [0.5, 0.6) is 5.88 Å². The van der Waals surface area contributed by atoms with Gasteiger partial charge in [0, 0.05) is 12.1 Å². The van der Waals surface area contributed by atoms with Gasteiger partial charge in [0.25, 0.3) is 5.91 Å². The van der Waals surface area contributed by atoms with E-state index in [-0.39, 0.29) is 11.9 Å². The molecule has 1 aromatic rings. The number of aromatic nitrogens is 2. The standard InChI is InChI=1S/C13H19N3O2/c1-9-5-3-4-6-10(9)16-13(17)11-7-12(18-2)15-8-14-11/h7-10H,3-6H2,1-2H3,(H,16,17)/t9-,10-/m0/s1. The van der Waals surface area contributed by atoms with Gasteiger partial charge in [-0.05, 0) is 18.8 Å². The highest BCUT2D eigenvalue weighted by Gasteiger charge is 2.23. The van der Waals surface area contributed by atoms with Gasteiger partial charge in [0.1, 0.15) is 12.0 Å². The summed E-state index contributed by atoms with van der Waals surface area (Å²) in [7, 11) is 1.52. The number of carbonyl (C=O) groups excluding carboxylic acids is 1. The zero-order valence-corrected chi connectivity index (χ0v) is 10.8. The van der Waals surface area contributed by atoms with E-state index in [4.69, 9.17) is 4.74 Å². The first kappa shape index (κ1) is 12.8. The molecule has 1 aromatic heterocycles. The van der Waals surface area contributed by atoms with Crippen molar-refractivity contribution in [3.8, 4) is 5.88 Å². The number of carbonyl (C=O) groups is 1. The zero-order valence-electron chi connectivity index (χ0n) is 10.8. The van der Waals surface area contributed by atoms with Crippen LogP contribution >= 0.6 is 0 Å². The van der Waals surface area contributed by atoms with E-state index in [1.54, 1.807) is 6.07 Å². The molecule has 2 atom stereocenters. The highest BCUT2D eigenvalue weighted by atomic mass is 16.5. The summed E-state index contributed by atoms with van der Waals surface area (Å²) in [5.74, 6) is 0.799. The number of hydrogen-bond acceptors (Lipinski definition) is 4. The van der Waals surface area contributed by atoms with Gasteiger partial charge in [0.2, 0.25) is 5.88 Å². The number of hydrogen-bond donors (Lipinski definition) is 1. The third-order valence-electron chi connectivity index (χ3n) is 3.51. The average Bonchev–Trinajstić information content (AvgIpc) is 2.41. The molecule has 18 heavy (non-hydrogen) atoms. The second-order valence-electron chi connectivity index (χ2n) is 4.79. The molecule has 0 bridgehead atoms. The number of nitrogens with zero attached hydrogens (tertiary/aromatic N) is 2. The smallest absolute Gasteiger partial charge is 0.270 e. The highest BCUT2D eigenvalue weighted by molar-refractivity contribution is 5.92. The molecule has 1 N–H and O–H groups in total. The van der Waals surface area contributed by atoms with Crippen molar-refractivity contribution in [2.75, 3.05) is 7.11 Å². The molecule has 0 radical (unpaired) electrons. The van der Waals surface area contributed by atoms with Gasteiger partial charge in [-0.25, -0.2) is 9.97 Å². The first-order valence-corrected chi connectivity index (χ1v) is 6.37. The summed E-state index contributed by atoms with van der Waals surface area (Å²) in [6, 6.07) is 1.82. The molecular weight excluding hydrogens is 230 g/mol. The lowest BCUT2D eigenvalue weighted by Gasteiger charge is -2.29. The Kier molecular flexibility index (Phi) is 4.12. The fourth-order valence-electron chi connectivity index (χ4n) is 2.35. The number of nitrogens with one attached hydrogen (secondary N) is 1. The summed E-state index contributed by atoms with van der Waals surface area (Å²) in [6.45, 7) is 2.19. The van der Waals surface area contributed by atoms with Gasteiger partial charge in [-0.2, -0.15) is 0 Å². The first-order valence-electron chi connectivity index (χ1n) is 6.37. The van der Waals surface area contributed by atoms with Gasteiger partial charge in [-0.1, -0.05) is 19.8 Å². The van der Waals surface area contributed by atoms with Crippen LogP contribution < -0.4 is 10.1 Å². The maximum absolute atomic E-state index is 12.1. The molecule has 1 saturated carbocycles. The summed E-state index contributed by atoms with van der Waals surface area (Å²) in [5.41, 5.74) is 0.361. The molecule has 2 rings (SSSR count). The Morgan fingerprint density at radius 3 is 2.89 bits per heavy atom. The van der Waals surface area contributed by atoms with Crippen LogP contribution in [0.1, 0.15) is 43.1 Å². The van der Waals surface area contributed by atoms with Crippen LogP contribution in [0.4, 0.5) is 0 Å². The molecule has 1 aliphatic rings. The molecule has 0 aromatic carbocycles. The fourth-order valence-corrected chi connectivity index (χ4v) is 2.35. The Labute approximate surface area is 107 Å². The van der Waals surface area contributed by atoms with Crippen LogP contribution in [0.2, 0.25) is 0 Å². The minimum atomic E-state index is -0.144. The summed E-state index contributed by atoms with van der Waals surface area (Å²) in [4.78, 5) is 19.9. The van der Waals surface area contributed by atoms with Crippen molar-refractivity contribution in [2.45, 2.75) is 38.6 Å². The molecule has 1 heterocycles. The van der Waals surface area contributed by atoms with Crippen LogP contribution in [-0.2, 0) is 0 Å². The van der Waals surface area contributed by atoms with Crippen LogP contribution in [-0.4, -0.2) is 29.0 Å². The molecule has 5 heteroatoms. The topological polar surface area (TPSA) is 64.1 Å². The van der Waals surface area contributed by atoms with E-state index < -0.39 is 0 Å². The summed E-state index contributed by atoms with van der Waals surface area (Å²) >= 11 is 0. The van der Waals surface area contributed by atoms with Gasteiger partial charge in [0.05, 0.1) is 7.11 Å². The molecule has 0 aliphatic heterocycles. The molecule has 0 unspecified atom stereocenters. The van der Waals surface area contributed by atoms with Crippen molar-refractivity contribution in [1.82, 2.24) is 15.3 Å². The van der Waals surface area contributed by atoms with Crippen LogP contribution in [0.15, 0.2) is 12.4 Å². The van der Waals surface area contributed by atoms with Crippen molar-refractivity contribution in [1.29, 1.82) is 0 Å². The quantitative estimate of drug-likeness (QED) is 0.887. The van der Waals surface area contributed by atoms with Crippen molar-refractivity contribution >= 4 is 5.91 Å². The van der Waals surface area contributed by atoms with Gasteiger partial charge >= 0.3 is 0 Å². The Hall–Kier alpha value is -1.65. The van der Waals surface area contributed by atoms with Gasteiger partial charge in [-0.15, -0.1) is 0 Å². The summed E-state index contributed by atoms with van der Waals surface area (Å²) in [5, 5.41) is 3.05. The fraction of sp³-hybridized carbons (Fsp3) is 0.615. The lowest BCUT2D eigenvalue weighted by molar-refractivity contribution is 0.0904. The number of amides is 1. The van der Waals surface area contributed by atoms with Crippen molar-refractivity contribution in [3.05, 3.63) is 18.1 Å². The number of rotatable bonds is 3. The summed E-state index contributed by atoms with van der Waals surface area (Å²) in [6.07, 6.45) is 6.02. The van der Waals surface area contributed by atoms with E-state index in [2.05, 4.69) is 22.2 Å². The Bertz CT molecular complexity index is 422. The van der Waals surface area contributed by atoms with E-state index in [9.17, 15) is 4.79 Å². The second-order valence-corrected chi connectivity index (χ2v) is 4.79. The van der Waals surface area contributed by atoms with E-state index in [0.29, 0.717) is 17.5 Å². The SMILES string of the molecule is COc1cc(C(=O)N[C@H]2CCCC[C@@H]2C)ncn1. The van der Waals surface area contributed by atoms with Crippen LogP contribution in [0.3, 0.4) is 0 Å². The highest BCUT2D eigenvalue weighted by Crippen LogP contribution is 2.23. The summed E-state index contributed by atoms with van der Waals surface area (Å²) < 4.78 is 4.99. The predicted molar refractivity (Wildman–Crippen MR) is 67.5 cm³/mol. The first-order chi connectivity index (χ1) is 8.70. The van der Waals surface area contributed by atoms with Gasteiger partial charge in [0.15, 0.2) is 0 Å². The molecule has 0 spiro atoms. The van der Waals surface area contributed by atoms with E-state index in [0.717, 1.165) is 6.42 Å². The third-order valence-corrected chi connectivity index (χ3v) is 3.51. The molecule has 1 amide bonds. The molecule has 1 aliphatic carbocycles. The molecule has 98 valence electrons. The average molecular weight is 249 g/mol. The van der Waals surface area contributed by atoms with Crippen molar-refractivity contribution in [3.63, 3.8) is 0 Å².